The van der Waals surface area contributed by atoms with Crippen LogP contribution in [0, 0.1) is 0 Å². The quantitative estimate of drug-likeness (QED) is 0.0138. The summed E-state index contributed by atoms with van der Waals surface area (Å²) in [5.74, 6) is -10.6. The molecule has 360 valence electrons. The maximum atomic E-state index is 13.4. The van der Waals surface area contributed by atoms with Crippen LogP contribution in [0.25, 0.3) is 0 Å². The first kappa shape index (κ1) is 56.6. The molecular formula is C35H59N13O13S3. The third-order valence-corrected chi connectivity index (χ3v) is 10.3. The van der Waals surface area contributed by atoms with E-state index in [0.717, 1.165) is 4.90 Å². The molecule has 0 unspecified atom stereocenters. The molecule has 0 aromatic rings. The molecule has 0 aromatic carbocycles. The Balaban J connectivity index is 3.05. The van der Waals surface area contributed by atoms with Gasteiger partial charge in [-0.2, -0.15) is 25.3 Å². The zero-order chi connectivity index (χ0) is 48.5. The number of rotatable bonds is 30. The van der Waals surface area contributed by atoms with Gasteiger partial charge in [-0.25, -0.2) is 0 Å². The summed E-state index contributed by atoms with van der Waals surface area (Å²) in [6, 6.07) is -9.42. The predicted octanol–water partition coefficient (Wildman–Crippen LogP) is -6.59. The van der Waals surface area contributed by atoms with Crippen LogP contribution in [0.15, 0.2) is 4.99 Å². The predicted molar refractivity (Wildman–Crippen MR) is 237 cm³/mol. The molecule has 0 aliphatic carbocycles. The number of aliphatic imine (C=N–C) groups is 1. The number of carboxylic acid groups (broad SMARTS) is 2. The highest BCUT2D eigenvalue weighted by molar-refractivity contribution is 7.96. The fourth-order valence-corrected chi connectivity index (χ4v) is 6.65. The largest absolute Gasteiger partial charge is 0.481 e. The first-order chi connectivity index (χ1) is 30.1. The maximum Gasteiger partial charge on any atom is 0.305 e. The Morgan fingerprint density at radius 2 is 1.20 bits per heavy atom. The number of nitrogens with zero attached hydrogens (tertiary/aromatic N) is 2. The van der Waals surface area contributed by atoms with Gasteiger partial charge in [-0.3, -0.25) is 57.7 Å². The summed E-state index contributed by atoms with van der Waals surface area (Å²) in [6.07, 6.45) is -0.510. The number of nitrogens with two attached hydrogens (primary N) is 4. The van der Waals surface area contributed by atoms with Crippen LogP contribution in [0.5, 0.6) is 0 Å². The molecule has 1 aliphatic heterocycles. The fraction of sp³-hybridized carbons (Fsp3) is 0.657. The monoisotopic (exact) mass is 965 g/mol. The van der Waals surface area contributed by atoms with Gasteiger partial charge in [-0.05, 0) is 51.5 Å². The first-order valence-corrected chi connectivity index (χ1v) is 21.6. The Morgan fingerprint density at radius 1 is 0.672 bits per heavy atom. The molecule has 0 radical (unpaired) electrons. The van der Waals surface area contributed by atoms with Gasteiger partial charge in [-0.1, -0.05) is 0 Å². The van der Waals surface area contributed by atoms with E-state index in [0.29, 0.717) is 12.8 Å². The number of carbonyl (C=O) groups is 11. The van der Waals surface area contributed by atoms with Crippen LogP contribution in [0.3, 0.4) is 0 Å². The van der Waals surface area contributed by atoms with Crippen molar-refractivity contribution in [1.82, 2.24) is 42.1 Å². The minimum Gasteiger partial charge on any atom is -0.481 e. The molecule has 0 bridgehead atoms. The topological polar surface area (TPSA) is 432 Å². The molecule has 1 saturated heterocycles. The van der Waals surface area contributed by atoms with E-state index < -0.39 is 133 Å². The molecule has 29 heteroatoms. The minimum absolute atomic E-state index is 0.0150. The van der Waals surface area contributed by atoms with Gasteiger partial charge < -0.3 is 75.3 Å². The van der Waals surface area contributed by atoms with Gasteiger partial charge in [0.1, 0.15) is 36.3 Å². The van der Waals surface area contributed by atoms with Crippen LogP contribution in [-0.2, 0) is 52.7 Å². The second-order valence-electron chi connectivity index (χ2n) is 14.3. The molecule has 64 heavy (non-hydrogen) atoms. The summed E-state index contributed by atoms with van der Waals surface area (Å²) in [5, 5.41) is 34.3. The van der Waals surface area contributed by atoms with Crippen molar-refractivity contribution in [2.75, 3.05) is 44.2 Å². The van der Waals surface area contributed by atoms with Gasteiger partial charge in [0.15, 0.2) is 5.96 Å². The SMILES string of the molecule is NCCCC[C@H](NC(=O)[C@H](CC(=O)O)NC(=O)CNC(=O)[C@H](CCCN=C(N)N)NC(=O)[C@@H](N)CS)C(=O)NCC(=O)N1CCC[C@H]1C(=O)N[C@@H](CC(=O)O)C(=O)N[C@@H](CS)C(=O)S. The molecule has 1 fully saturated rings. The van der Waals surface area contributed by atoms with E-state index in [-0.39, 0.29) is 69.2 Å². The van der Waals surface area contributed by atoms with Crippen LogP contribution in [-0.4, -0.2) is 172 Å². The van der Waals surface area contributed by atoms with E-state index in [1.165, 1.54) is 0 Å². The number of nitrogens with one attached hydrogen (secondary N) is 7. The molecule has 1 rings (SSSR count). The number of aliphatic carboxylic acids is 2. The number of amides is 8. The minimum atomic E-state index is -1.77. The van der Waals surface area contributed by atoms with E-state index in [9.17, 15) is 63.0 Å². The van der Waals surface area contributed by atoms with Crippen molar-refractivity contribution in [3.05, 3.63) is 0 Å². The van der Waals surface area contributed by atoms with E-state index in [4.69, 9.17) is 22.9 Å². The number of likely N-dealkylation sites (tertiary alicyclic amines) is 1. The van der Waals surface area contributed by atoms with Crippen LogP contribution in [0.2, 0.25) is 0 Å². The van der Waals surface area contributed by atoms with Crippen molar-refractivity contribution < 1.29 is 63.0 Å². The van der Waals surface area contributed by atoms with Crippen LogP contribution >= 0.6 is 37.9 Å². The Bertz CT molecular complexity index is 1720. The number of carboxylic acids is 2. The van der Waals surface area contributed by atoms with Crippen LogP contribution < -0.4 is 60.2 Å². The van der Waals surface area contributed by atoms with Gasteiger partial charge in [0, 0.05) is 24.6 Å². The van der Waals surface area contributed by atoms with Crippen LogP contribution in [0.1, 0.15) is 57.8 Å². The average molecular weight is 966 g/mol. The van der Waals surface area contributed by atoms with Crippen LogP contribution in [0.4, 0.5) is 0 Å². The highest BCUT2D eigenvalue weighted by Crippen LogP contribution is 2.18. The Hall–Kier alpha value is -5.39. The first-order valence-electron chi connectivity index (χ1n) is 19.9. The molecule has 7 atom stereocenters. The van der Waals surface area contributed by atoms with E-state index in [1.807, 2.05) is 0 Å². The second kappa shape index (κ2) is 29.9. The van der Waals surface area contributed by atoms with E-state index in [2.05, 4.69) is 80.1 Å². The number of unbranched alkanes of at least 4 members (excludes halogenated alkanes) is 1. The molecule has 1 heterocycles. The molecule has 17 N–H and O–H groups in total. The summed E-state index contributed by atoms with van der Waals surface area (Å²) in [5.41, 5.74) is 21.9. The summed E-state index contributed by atoms with van der Waals surface area (Å²) in [4.78, 5) is 144. The normalized spacial score (nSPS) is 16.0. The maximum absolute atomic E-state index is 13.4. The van der Waals surface area contributed by atoms with Gasteiger partial charge in [0.2, 0.25) is 52.4 Å². The molecule has 8 amide bonds. The van der Waals surface area contributed by atoms with Crippen molar-refractivity contribution in [2.45, 2.75) is 100 Å². The van der Waals surface area contributed by atoms with Crippen molar-refractivity contribution in [1.29, 1.82) is 0 Å². The lowest BCUT2D eigenvalue weighted by Gasteiger charge is -2.27. The van der Waals surface area contributed by atoms with Crippen molar-refractivity contribution in [2.24, 2.45) is 27.9 Å². The number of thiol groups is 3. The highest BCUT2D eigenvalue weighted by atomic mass is 32.1. The van der Waals surface area contributed by atoms with Crippen molar-refractivity contribution in [3.8, 4) is 0 Å². The Morgan fingerprint density at radius 3 is 1.72 bits per heavy atom. The lowest BCUT2D eigenvalue weighted by Crippen LogP contribution is -2.57. The summed E-state index contributed by atoms with van der Waals surface area (Å²) in [6.45, 7) is -1.10. The Labute approximate surface area is 384 Å². The summed E-state index contributed by atoms with van der Waals surface area (Å²) < 4.78 is 0. The molecule has 0 spiro atoms. The van der Waals surface area contributed by atoms with Gasteiger partial charge in [0.05, 0.1) is 32.0 Å². The van der Waals surface area contributed by atoms with Gasteiger partial charge in [0.25, 0.3) is 0 Å². The number of hydrogen-bond donors (Lipinski definition) is 16. The summed E-state index contributed by atoms with van der Waals surface area (Å²) in [7, 11) is 0. The molecule has 0 aromatic heterocycles. The van der Waals surface area contributed by atoms with Gasteiger partial charge in [-0.15, -0.1) is 12.6 Å². The van der Waals surface area contributed by atoms with Gasteiger partial charge >= 0.3 is 11.9 Å². The molecular weight excluding hydrogens is 907 g/mol. The highest BCUT2D eigenvalue weighted by Gasteiger charge is 2.37. The molecule has 0 saturated carbocycles. The standard InChI is InChI=1S/C35H59N13O13S3/c36-8-2-1-5-18(30(57)42-14-25(50)48-10-4-7-23(48)33(60)46-21(12-27(53)54)32(59)47-22(16-63)34(61)64)45-31(58)20(11-26(51)52)43-24(49)13-41-29(56)19(6-3-9-40-35(38)39)44-28(55)17(37)15-62/h17-23,62-63H,1-16,36-37H2,(H,41,56)(H,42,57)(H,43,49)(H,44,55)(H,45,58)(H,46,60)(H,47,59)(H,51,52)(H,53,54)(H,61,64)(H4,38,39,40)/t17-,18-,19-,20-,21-,22-,23-/m0/s1. The lowest BCUT2D eigenvalue weighted by molar-refractivity contribution is -0.143. The van der Waals surface area contributed by atoms with E-state index in [1.54, 1.807) is 0 Å². The van der Waals surface area contributed by atoms with Crippen molar-refractivity contribution in [3.63, 3.8) is 0 Å². The smallest absolute Gasteiger partial charge is 0.305 e. The van der Waals surface area contributed by atoms with E-state index >= 15 is 0 Å². The van der Waals surface area contributed by atoms with Crippen molar-refractivity contribution >= 4 is 108 Å². The third-order valence-electron chi connectivity index (χ3n) is 9.24. The third kappa shape index (κ3) is 21.3. The average Bonchev–Trinajstić information content (AvgIpc) is 3.73. The second-order valence-corrected chi connectivity index (χ2v) is 15.5. The summed E-state index contributed by atoms with van der Waals surface area (Å²) >= 11 is 11.6. The lowest BCUT2D eigenvalue weighted by atomic mass is 10.1. The number of hydrogen-bond acceptors (Lipinski definition) is 16. The fourth-order valence-electron chi connectivity index (χ4n) is 5.92. The zero-order valence-electron chi connectivity index (χ0n) is 34.8. The number of carbonyl (C=O) groups excluding carboxylic acids is 9. The number of guanidine groups is 1. The molecule has 1 aliphatic rings. The zero-order valence-corrected chi connectivity index (χ0v) is 37.5. The Kier molecular flexibility index (Phi) is 26.4. The molecule has 26 nitrogen and oxygen atoms in total.